The van der Waals surface area contributed by atoms with E-state index in [1.807, 2.05) is 19.0 Å². The maximum atomic E-state index is 11.8. The monoisotopic (exact) mass is 199 g/mol. The van der Waals surface area contributed by atoms with Crippen molar-refractivity contribution in [3.63, 3.8) is 0 Å². The molecular weight excluding hydrogens is 178 g/mol. The van der Waals surface area contributed by atoms with Gasteiger partial charge in [-0.25, -0.2) is 4.79 Å². The van der Waals surface area contributed by atoms with E-state index >= 15 is 0 Å². The van der Waals surface area contributed by atoms with E-state index in [0.29, 0.717) is 12.0 Å². The third-order valence-corrected chi connectivity index (χ3v) is 2.68. The molecule has 1 atom stereocenters. The molecule has 1 aliphatic rings. The summed E-state index contributed by atoms with van der Waals surface area (Å²) in [4.78, 5) is 15.5. The SMILES string of the molecule is CC(C)C1CNCCN1C(=O)N(C)C. The van der Waals surface area contributed by atoms with Crippen LogP contribution in [0, 0.1) is 5.92 Å². The second kappa shape index (κ2) is 4.64. The highest BCUT2D eigenvalue weighted by atomic mass is 16.2. The largest absolute Gasteiger partial charge is 0.331 e. The minimum Gasteiger partial charge on any atom is -0.331 e. The zero-order valence-corrected chi connectivity index (χ0v) is 9.58. The van der Waals surface area contributed by atoms with Gasteiger partial charge in [-0.15, -0.1) is 0 Å². The molecule has 82 valence electrons. The summed E-state index contributed by atoms with van der Waals surface area (Å²) in [6, 6.07) is 0.462. The fraction of sp³-hybridized carbons (Fsp3) is 0.900. The Kier molecular flexibility index (Phi) is 3.75. The molecule has 1 fully saturated rings. The lowest BCUT2D eigenvalue weighted by Gasteiger charge is -2.39. The van der Waals surface area contributed by atoms with E-state index in [9.17, 15) is 4.79 Å². The lowest BCUT2D eigenvalue weighted by molar-refractivity contribution is 0.116. The standard InChI is InChI=1S/C10H21N3O/c1-8(2)9-7-11-5-6-13(9)10(14)12(3)4/h8-9,11H,5-7H2,1-4H3. The summed E-state index contributed by atoms with van der Waals surface area (Å²) in [5.41, 5.74) is 0. The Morgan fingerprint density at radius 1 is 1.50 bits per heavy atom. The van der Waals surface area contributed by atoms with E-state index in [0.717, 1.165) is 19.6 Å². The molecule has 0 aliphatic carbocycles. The van der Waals surface area contributed by atoms with E-state index in [-0.39, 0.29) is 6.03 Å². The van der Waals surface area contributed by atoms with Crippen molar-refractivity contribution in [2.45, 2.75) is 19.9 Å². The van der Waals surface area contributed by atoms with E-state index in [1.165, 1.54) is 0 Å². The van der Waals surface area contributed by atoms with Gasteiger partial charge >= 0.3 is 6.03 Å². The van der Waals surface area contributed by atoms with Crippen molar-refractivity contribution >= 4 is 6.03 Å². The van der Waals surface area contributed by atoms with Crippen molar-refractivity contribution in [1.82, 2.24) is 15.1 Å². The summed E-state index contributed by atoms with van der Waals surface area (Å²) in [5, 5.41) is 3.33. The fourth-order valence-electron chi connectivity index (χ4n) is 1.82. The first-order valence-electron chi connectivity index (χ1n) is 5.22. The molecular formula is C10H21N3O. The highest BCUT2D eigenvalue weighted by Gasteiger charge is 2.29. The average Bonchev–Trinajstić information content (AvgIpc) is 2.16. The highest BCUT2D eigenvalue weighted by molar-refractivity contribution is 5.74. The van der Waals surface area contributed by atoms with Crippen molar-refractivity contribution < 1.29 is 4.79 Å². The normalized spacial score (nSPS) is 22.6. The molecule has 2 amide bonds. The molecule has 1 N–H and O–H groups in total. The van der Waals surface area contributed by atoms with E-state index in [4.69, 9.17) is 0 Å². The summed E-state index contributed by atoms with van der Waals surface area (Å²) in [7, 11) is 3.61. The van der Waals surface area contributed by atoms with Crippen LogP contribution in [0.2, 0.25) is 0 Å². The second-order valence-corrected chi connectivity index (χ2v) is 4.39. The topological polar surface area (TPSA) is 35.6 Å². The highest BCUT2D eigenvalue weighted by Crippen LogP contribution is 2.13. The Hall–Kier alpha value is -0.770. The zero-order valence-electron chi connectivity index (χ0n) is 9.58. The smallest absolute Gasteiger partial charge is 0.319 e. The third-order valence-electron chi connectivity index (χ3n) is 2.68. The molecule has 1 heterocycles. The Morgan fingerprint density at radius 3 is 2.64 bits per heavy atom. The molecule has 1 aliphatic heterocycles. The summed E-state index contributed by atoms with van der Waals surface area (Å²) in [6.07, 6.45) is 0. The number of nitrogens with zero attached hydrogens (tertiary/aromatic N) is 2. The molecule has 0 aromatic carbocycles. The first-order valence-corrected chi connectivity index (χ1v) is 5.22. The fourth-order valence-corrected chi connectivity index (χ4v) is 1.82. The van der Waals surface area contributed by atoms with Crippen LogP contribution in [-0.4, -0.2) is 55.6 Å². The first-order chi connectivity index (χ1) is 6.54. The van der Waals surface area contributed by atoms with Gasteiger partial charge in [-0.1, -0.05) is 13.8 Å². The van der Waals surface area contributed by atoms with Crippen LogP contribution in [0.15, 0.2) is 0 Å². The minimum atomic E-state index is 0.130. The van der Waals surface area contributed by atoms with Crippen molar-refractivity contribution in [3.8, 4) is 0 Å². The van der Waals surface area contributed by atoms with Gasteiger partial charge in [0, 0.05) is 39.8 Å². The summed E-state index contributed by atoms with van der Waals surface area (Å²) >= 11 is 0. The Balaban J connectivity index is 2.67. The van der Waals surface area contributed by atoms with Crippen molar-refractivity contribution in [2.75, 3.05) is 33.7 Å². The lowest BCUT2D eigenvalue weighted by Crippen LogP contribution is -2.57. The van der Waals surface area contributed by atoms with Crippen LogP contribution in [0.3, 0.4) is 0 Å². The number of carbonyl (C=O) groups is 1. The predicted molar refractivity (Wildman–Crippen MR) is 57.3 cm³/mol. The first kappa shape index (κ1) is 11.3. The van der Waals surface area contributed by atoms with Crippen LogP contribution >= 0.6 is 0 Å². The number of urea groups is 1. The number of hydrogen-bond donors (Lipinski definition) is 1. The van der Waals surface area contributed by atoms with E-state index in [2.05, 4.69) is 19.2 Å². The predicted octanol–water partition coefficient (Wildman–Crippen LogP) is 0.598. The van der Waals surface area contributed by atoms with Crippen LogP contribution in [0.4, 0.5) is 4.79 Å². The Bertz CT molecular complexity index is 204. The molecule has 0 bridgehead atoms. The molecule has 0 aromatic heterocycles. The van der Waals surface area contributed by atoms with Gasteiger partial charge in [0.25, 0.3) is 0 Å². The van der Waals surface area contributed by atoms with Gasteiger partial charge in [-0.2, -0.15) is 0 Å². The number of carbonyl (C=O) groups excluding carboxylic acids is 1. The maximum Gasteiger partial charge on any atom is 0.319 e. The molecule has 0 radical (unpaired) electrons. The van der Waals surface area contributed by atoms with Gasteiger partial charge in [-0.05, 0) is 5.92 Å². The molecule has 14 heavy (non-hydrogen) atoms. The quantitative estimate of drug-likeness (QED) is 0.671. The average molecular weight is 199 g/mol. The molecule has 0 spiro atoms. The molecule has 1 rings (SSSR count). The summed E-state index contributed by atoms with van der Waals surface area (Å²) in [6.45, 7) is 6.96. The number of amides is 2. The van der Waals surface area contributed by atoms with Crippen LogP contribution in [0.1, 0.15) is 13.8 Å². The van der Waals surface area contributed by atoms with Crippen LogP contribution in [0.25, 0.3) is 0 Å². The number of piperazine rings is 1. The molecule has 1 unspecified atom stereocenters. The van der Waals surface area contributed by atoms with Gasteiger partial charge < -0.3 is 15.1 Å². The zero-order chi connectivity index (χ0) is 10.7. The number of hydrogen-bond acceptors (Lipinski definition) is 2. The van der Waals surface area contributed by atoms with Crippen molar-refractivity contribution in [1.29, 1.82) is 0 Å². The molecule has 4 heteroatoms. The summed E-state index contributed by atoms with van der Waals surface area (Å²) < 4.78 is 0. The lowest BCUT2D eigenvalue weighted by atomic mass is 10.0. The van der Waals surface area contributed by atoms with Crippen molar-refractivity contribution in [2.24, 2.45) is 5.92 Å². The molecule has 4 nitrogen and oxygen atoms in total. The molecule has 1 saturated heterocycles. The molecule has 0 saturated carbocycles. The Labute approximate surface area is 86.2 Å². The van der Waals surface area contributed by atoms with Crippen LogP contribution in [-0.2, 0) is 0 Å². The number of rotatable bonds is 1. The van der Waals surface area contributed by atoms with E-state index in [1.54, 1.807) is 4.90 Å². The Morgan fingerprint density at radius 2 is 2.14 bits per heavy atom. The maximum absolute atomic E-state index is 11.8. The third kappa shape index (κ3) is 2.38. The van der Waals surface area contributed by atoms with Gasteiger partial charge in [0.05, 0.1) is 0 Å². The van der Waals surface area contributed by atoms with Crippen LogP contribution in [0.5, 0.6) is 0 Å². The van der Waals surface area contributed by atoms with Gasteiger partial charge in [-0.3, -0.25) is 0 Å². The van der Waals surface area contributed by atoms with Gasteiger partial charge in [0.15, 0.2) is 0 Å². The minimum absolute atomic E-state index is 0.130. The van der Waals surface area contributed by atoms with Gasteiger partial charge in [0.1, 0.15) is 0 Å². The second-order valence-electron chi connectivity index (χ2n) is 4.39. The number of nitrogens with one attached hydrogen (secondary N) is 1. The van der Waals surface area contributed by atoms with Gasteiger partial charge in [0.2, 0.25) is 0 Å². The van der Waals surface area contributed by atoms with Crippen LogP contribution < -0.4 is 5.32 Å². The van der Waals surface area contributed by atoms with Crippen molar-refractivity contribution in [3.05, 3.63) is 0 Å². The molecule has 0 aromatic rings. The summed E-state index contributed by atoms with van der Waals surface area (Å²) in [5.74, 6) is 0.506. The van der Waals surface area contributed by atoms with E-state index < -0.39 is 0 Å².